The van der Waals surface area contributed by atoms with Crippen molar-refractivity contribution in [3.8, 4) is 0 Å². The van der Waals surface area contributed by atoms with Crippen molar-refractivity contribution in [1.29, 1.82) is 0 Å². The van der Waals surface area contributed by atoms with E-state index in [-0.39, 0.29) is 5.91 Å². The molecule has 0 radical (unpaired) electrons. The number of hydrogen-bond donors (Lipinski definition) is 3. The number of aryl methyl sites for hydroxylation is 1. The molecule has 0 atom stereocenters. The number of aliphatic imine (C=N–C) groups is 1. The van der Waals surface area contributed by atoms with Gasteiger partial charge in [-0.05, 0) is 37.1 Å². The van der Waals surface area contributed by atoms with Crippen molar-refractivity contribution >= 4 is 17.7 Å². The fourth-order valence-electron chi connectivity index (χ4n) is 2.21. The molecule has 0 saturated carbocycles. The van der Waals surface area contributed by atoms with E-state index in [1.54, 1.807) is 25.6 Å². The minimum absolute atomic E-state index is 0.0966. The summed E-state index contributed by atoms with van der Waals surface area (Å²) in [4.78, 5) is 20.2. The molecule has 8 nitrogen and oxygen atoms in total. The van der Waals surface area contributed by atoms with Gasteiger partial charge in [-0.15, -0.1) is 0 Å². The van der Waals surface area contributed by atoms with Crippen molar-refractivity contribution < 1.29 is 13.9 Å². The van der Waals surface area contributed by atoms with Gasteiger partial charge in [0.05, 0.1) is 6.26 Å². The van der Waals surface area contributed by atoms with Crippen LogP contribution in [0.25, 0.3) is 0 Å². The average molecular weight is 373 g/mol. The van der Waals surface area contributed by atoms with Gasteiger partial charge < -0.3 is 25.1 Å². The number of aromatic nitrogens is 1. The van der Waals surface area contributed by atoms with Crippen LogP contribution in [-0.2, 0) is 16.1 Å². The second-order valence-electron chi connectivity index (χ2n) is 5.93. The Kier molecular flexibility index (Phi) is 8.85. The molecule has 8 heteroatoms. The van der Waals surface area contributed by atoms with E-state index in [9.17, 15) is 4.79 Å². The number of amides is 1. The molecule has 0 aromatic carbocycles. The maximum Gasteiger partial charge on any atom is 0.227 e. The summed E-state index contributed by atoms with van der Waals surface area (Å²) in [5, 5.41) is 9.06. The number of furan rings is 1. The summed E-state index contributed by atoms with van der Waals surface area (Å²) >= 11 is 0. The highest BCUT2D eigenvalue weighted by Gasteiger charge is 2.04. The molecule has 0 fully saturated rings. The van der Waals surface area contributed by atoms with Crippen molar-refractivity contribution in [2.75, 3.05) is 32.1 Å². The highest BCUT2D eigenvalue weighted by atomic mass is 16.5. The zero-order valence-corrected chi connectivity index (χ0v) is 15.8. The first-order chi connectivity index (χ1) is 13.2. The fourth-order valence-corrected chi connectivity index (χ4v) is 2.21. The molecule has 3 N–H and O–H groups in total. The molecule has 0 aliphatic rings. The number of nitrogens with zero attached hydrogens (tertiary/aromatic N) is 2. The first kappa shape index (κ1) is 20.4. The lowest BCUT2D eigenvalue weighted by atomic mass is 10.3. The molecule has 0 saturated heterocycles. The van der Waals surface area contributed by atoms with Gasteiger partial charge in [0, 0.05) is 39.4 Å². The number of nitrogens with one attached hydrogen (secondary N) is 3. The molecule has 0 aliphatic carbocycles. The first-order valence-corrected chi connectivity index (χ1v) is 8.94. The molecule has 1 amide bonds. The van der Waals surface area contributed by atoms with Gasteiger partial charge in [-0.2, -0.15) is 0 Å². The van der Waals surface area contributed by atoms with Gasteiger partial charge in [-0.1, -0.05) is 6.07 Å². The Morgan fingerprint density at radius 2 is 2.11 bits per heavy atom. The summed E-state index contributed by atoms with van der Waals surface area (Å²) in [6.07, 6.45) is 4.51. The summed E-state index contributed by atoms with van der Waals surface area (Å²) in [5.41, 5.74) is 1.05. The Hall–Kier alpha value is -2.87. The Morgan fingerprint density at radius 1 is 1.26 bits per heavy atom. The molecule has 2 aromatic rings. The highest BCUT2D eigenvalue weighted by molar-refractivity contribution is 5.90. The average Bonchev–Trinajstić information content (AvgIpc) is 3.18. The van der Waals surface area contributed by atoms with Gasteiger partial charge in [0.15, 0.2) is 5.96 Å². The minimum Gasteiger partial charge on any atom is -0.467 e. The van der Waals surface area contributed by atoms with Crippen LogP contribution in [-0.4, -0.2) is 43.6 Å². The third-order valence-corrected chi connectivity index (χ3v) is 3.63. The number of anilines is 1. The largest absolute Gasteiger partial charge is 0.467 e. The Labute approximate surface area is 159 Å². The summed E-state index contributed by atoms with van der Waals surface area (Å²) in [6, 6.07) is 7.42. The molecule has 27 heavy (non-hydrogen) atoms. The molecule has 0 unspecified atom stereocenters. The third kappa shape index (κ3) is 8.37. The zero-order valence-electron chi connectivity index (χ0n) is 15.8. The maximum absolute atomic E-state index is 11.9. The number of rotatable bonds is 10. The van der Waals surface area contributed by atoms with Crippen LogP contribution in [0, 0.1) is 6.92 Å². The summed E-state index contributed by atoms with van der Waals surface area (Å²) < 4.78 is 10.7. The summed E-state index contributed by atoms with van der Waals surface area (Å²) in [5.74, 6) is 1.94. The number of carbonyl (C=O) groups is 1. The molecular weight excluding hydrogens is 346 g/mol. The van der Waals surface area contributed by atoms with Crippen molar-refractivity contribution in [3.63, 3.8) is 0 Å². The summed E-state index contributed by atoms with van der Waals surface area (Å²) in [6.45, 7) is 4.25. The lowest BCUT2D eigenvalue weighted by Gasteiger charge is -2.12. The quantitative estimate of drug-likeness (QED) is 0.335. The van der Waals surface area contributed by atoms with E-state index in [2.05, 4.69) is 25.9 Å². The molecular formula is C19H27N5O3. The SMILES string of the molecule is CN=C(NCCCOCc1ccco1)NCCC(=O)Nc1ccc(C)cn1. The normalized spacial score (nSPS) is 11.3. The van der Waals surface area contributed by atoms with Crippen LogP contribution >= 0.6 is 0 Å². The second-order valence-corrected chi connectivity index (χ2v) is 5.93. The van der Waals surface area contributed by atoms with Crippen LogP contribution in [0.4, 0.5) is 5.82 Å². The lowest BCUT2D eigenvalue weighted by molar-refractivity contribution is -0.116. The topological polar surface area (TPSA) is 101 Å². The van der Waals surface area contributed by atoms with E-state index in [1.807, 2.05) is 25.1 Å². The van der Waals surface area contributed by atoms with Crippen molar-refractivity contribution in [2.24, 2.45) is 4.99 Å². The van der Waals surface area contributed by atoms with Crippen LogP contribution in [0.3, 0.4) is 0 Å². The zero-order chi connectivity index (χ0) is 19.3. The van der Waals surface area contributed by atoms with Gasteiger partial charge in [0.1, 0.15) is 18.2 Å². The van der Waals surface area contributed by atoms with E-state index in [1.165, 1.54) is 0 Å². The number of carbonyl (C=O) groups excluding carboxylic acids is 1. The predicted molar refractivity (Wildman–Crippen MR) is 105 cm³/mol. The monoisotopic (exact) mass is 373 g/mol. The molecule has 2 aromatic heterocycles. The first-order valence-electron chi connectivity index (χ1n) is 8.94. The van der Waals surface area contributed by atoms with Gasteiger partial charge in [0.2, 0.25) is 5.91 Å². The number of pyridine rings is 1. The highest BCUT2D eigenvalue weighted by Crippen LogP contribution is 2.04. The van der Waals surface area contributed by atoms with E-state index >= 15 is 0 Å². The number of hydrogen-bond acceptors (Lipinski definition) is 5. The number of guanidine groups is 1. The van der Waals surface area contributed by atoms with Crippen LogP contribution in [0.2, 0.25) is 0 Å². The second kappa shape index (κ2) is 11.7. The van der Waals surface area contributed by atoms with Gasteiger partial charge in [-0.3, -0.25) is 9.79 Å². The van der Waals surface area contributed by atoms with Gasteiger partial charge in [-0.25, -0.2) is 4.98 Å². The third-order valence-electron chi connectivity index (χ3n) is 3.63. The van der Waals surface area contributed by atoms with Gasteiger partial charge >= 0.3 is 0 Å². The molecule has 0 aliphatic heterocycles. The van der Waals surface area contributed by atoms with Crippen molar-refractivity contribution in [1.82, 2.24) is 15.6 Å². The van der Waals surface area contributed by atoms with Crippen LogP contribution in [0.1, 0.15) is 24.2 Å². The van der Waals surface area contributed by atoms with Crippen LogP contribution < -0.4 is 16.0 Å². The minimum atomic E-state index is -0.0966. The fraction of sp³-hybridized carbons (Fsp3) is 0.421. The van der Waals surface area contributed by atoms with E-state index in [0.717, 1.165) is 24.3 Å². The Morgan fingerprint density at radius 3 is 2.81 bits per heavy atom. The lowest BCUT2D eigenvalue weighted by Crippen LogP contribution is -2.39. The van der Waals surface area contributed by atoms with E-state index in [4.69, 9.17) is 9.15 Å². The predicted octanol–water partition coefficient (Wildman–Crippen LogP) is 2.08. The van der Waals surface area contributed by atoms with Gasteiger partial charge in [0.25, 0.3) is 0 Å². The maximum atomic E-state index is 11.9. The molecule has 2 rings (SSSR count). The Balaban J connectivity index is 1.53. The standard InChI is InChI=1S/C19H27N5O3/c1-15-6-7-17(23-13-15)24-18(25)8-10-22-19(20-2)21-9-4-11-26-14-16-5-3-12-27-16/h3,5-7,12-13H,4,8-11,14H2,1-2H3,(H2,20,21,22)(H,23,24,25). The smallest absolute Gasteiger partial charge is 0.227 e. The van der Waals surface area contributed by atoms with E-state index < -0.39 is 0 Å². The molecule has 0 spiro atoms. The van der Waals surface area contributed by atoms with Crippen molar-refractivity contribution in [2.45, 2.75) is 26.4 Å². The van der Waals surface area contributed by atoms with E-state index in [0.29, 0.717) is 38.0 Å². The molecule has 0 bridgehead atoms. The van der Waals surface area contributed by atoms with Crippen LogP contribution in [0.5, 0.6) is 0 Å². The van der Waals surface area contributed by atoms with Crippen LogP contribution in [0.15, 0.2) is 46.1 Å². The summed E-state index contributed by atoms with van der Waals surface area (Å²) in [7, 11) is 1.69. The Bertz CT molecular complexity index is 699. The molecule has 146 valence electrons. The molecule has 2 heterocycles. The van der Waals surface area contributed by atoms with Crippen molar-refractivity contribution in [3.05, 3.63) is 48.0 Å². The number of ether oxygens (including phenoxy) is 1.